The van der Waals surface area contributed by atoms with Crippen LogP contribution in [0.2, 0.25) is 0 Å². The van der Waals surface area contributed by atoms with E-state index in [-0.39, 0.29) is 0 Å². The number of hydrogen-bond acceptors (Lipinski definition) is 4. The molecule has 0 saturated carbocycles. The van der Waals surface area contributed by atoms with Gasteiger partial charge in [-0.1, -0.05) is 0 Å². The van der Waals surface area contributed by atoms with Gasteiger partial charge >= 0.3 is 6.09 Å². The Kier molecular flexibility index (Phi) is 3.46. The van der Waals surface area contributed by atoms with Crippen LogP contribution in [-0.4, -0.2) is 23.7 Å². The average molecular weight is 235 g/mol. The van der Waals surface area contributed by atoms with Crippen LogP contribution < -0.4 is 15.4 Å². The van der Waals surface area contributed by atoms with Gasteiger partial charge in [-0.05, 0) is 38.3 Å². The molecule has 5 heteroatoms. The van der Waals surface area contributed by atoms with Crippen LogP contribution in [0.4, 0.5) is 10.6 Å². The highest BCUT2D eigenvalue weighted by Crippen LogP contribution is 2.23. The van der Waals surface area contributed by atoms with Crippen LogP contribution in [0, 0.1) is 0 Å². The second kappa shape index (κ2) is 5.03. The highest BCUT2D eigenvalue weighted by atomic mass is 16.5. The largest absolute Gasteiger partial charge is 0.410 e. The number of pyridine rings is 1. The lowest BCUT2D eigenvalue weighted by Crippen LogP contribution is -2.37. The molecule has 2 heterocycles. The molecule has 17 heavy (non-hydrogen) atoms. The maximum absolute atomic E-state index is 10.6. The Bertz CT molecular complexity index is 391. The van der Waals surface area contributed by atoms with E-state index in [4.69, 9.17) is 10.5 Å². The molecular weight excluding hydrogens is 218 g/mol. The third-order valence-corrected chi connectivity index (χ3v) is 3.04. The lowest BCUT2D eigenvalue weighted by Gasteiger charge is -2.34. The van der Waals surface area contributed by atoms with E-state index >= 15 is 0 Å². The van der Waals surface area contributed by atoms with Gasteiger partial charge in [0.25, 0.3) is 0 Å². The zero-order valence-electron chi connectivity index (χ0n) is 9.93. The third kappa shape index (κ3) is 2.87. The fourth-order valence-electron chi connectivity index (χ4n) is 2.16. The van der Waals surface area contributed by atoms with E-state index in [2.05, 4.69) is 16.8 Å². The monoisotopic (exact) mass is 235 g/mol. The molecule has 1 aliphatic heterocycles. The summed E-state index contributed by atoms with van der Waals surface area (Å²) >= 11 is 0. The van der Waals surface area contributed by atoms with Crippen LogP contribution in [-0.2, 0) is 0 Å². The summed E-state index contributed by atoms with van der Waals surface area (Å²) in [7, 11) is 0. The SMILES string of the molecule is CC1CCCCN1c1ccc(OC(N)=O)cn1. The zero-order chi connectivity index (χ0) is 12.3. The summed E-state index contributed by atoms with van der Waals surface area (Å²) in [4.78, 5) is 17.1. The third-order valence-electron chi connectivity index (χ3n) is 3.04. The van der Waals surface area contributed by atoms with Crippen molar-refractivity contribution in [3.63, 3.8) is 0 Å². The molecule has 0 bridgehead atoms. The molecule has 2 N–H and O–H groups in total. The van der Waals surface area contributed by atoms with Gasteiger partial charge in [0, 0.05) is 12.6 Å². The smallest absolute Gasteiger partial charge is 0.409 e. The summed E-state index contributed by atoms with van der Waals surface area (Å²) in [6.07, 6.45) is 4.39. The van der Waals surface area contributed by atoms with E-state index in [0.29, 0.717) is 11.8 Å². The highest BCUT2D eigenvalue weighted by molar-refractivity contribution is 5.68. The van der Waals surface area contributed by atoms with Gasteiger partial charge in [0.05, 0.1) is 6.20 Å². The first-order valence-electron chi connectivity index (χ1n) is 5.87. The first kappa shape index (κ1) is 11.7. The first-order valence-corrected chi connectivity index (χ1v) is 5.87. The van der Waals surface area contributed by atoms with Crippen LogP contribution in [0.25, 0.3) is 0 Å². The molecule has 1 unspecified atom stereocenters. The van der Waals surface area contributed by atoms with Crippen molar-refractivity contribution in [2.45, 2.75) is 32.2 Å². The predicted octanol–water partition coefficient (Wildman–Crippen LogP) is 1.92. The van der Waals surface area contributed by atoms with E-state index in [1.807, 2.05) is 6.07 Å². The molecule has 1 saturated heterocycles. The number of hydrogen-bond donors (Lipinski definition) is 1. The van der Waals surface area contributed by atoms with Crippen molar-refractivity contribution in [2.75, 3.05) is 11.4 Å². The summed E-state index contributed by atoms with van der Waals surface area (Å²) in [5, 5.41) is 0. The molecule has 1 atom stereocenters. The van der Waals surface area contributed by atoms with E-state index in [1.165, 1.54) is 25.5 Å². The zero-order valence-corrected chi connectivity index (χ0v) is 9.93. The number of aromatic nitrogens is 1. The number of amides is 1. The average Bonchev–Trinajstić information content (AvgIpc) is 2.30. The van der Waals surface area contributed by atoms with Gasteiger partial charge in [-0.15, -0.1) is 0 Å². The van der Waals surface area contributed by atoms with Crippen LogP contribution in [0.15, 0.2) is 18.3 Å². The Hall–Kier alpha value is -1.78. The van der Waals surface area contributed by atoms with Crippen LogP contribution in [0.5, 0.6) is 5.75 Å². The van der Waals surface area contributed by atoms with Gasteiger partial charge in [-0.2, -0.15) is 0 Å². The van der Waals surface area contributed by atoms with Crippen molar-refractivity contribution in [3.8, 4) is 5.75 Å². The number of primary amides is 1. The summed E-state index contributed by atoms with van der Waals surface area (Å²) in [6, 6.07) is 4.09. The van der Waals surface area contributed by atoms with Crippen molar-refractivity contribution >= 4 is 11.9 Å². The predicted molar refractivity (Wildman–Crippen MR) is 65.1 cm³/mol. The quantitative estimate of drug-likeness (QED) is 0.850. The Morgan fingerprint density at radius 2 is 2.35 bits per heavy atom. The van der Waals surface area contributed by atoms with Gasteiger partial charge in [-0.3, -0.25) is 0 Å². The molecule has 1 aromatic heterocycles. The Morgan fingerprint density at radius 3 is 2.94 bits per heavy atom. The second-order valence-electron chi connectivity index (χ2n) is 4.31. The van der Waals surface area contributed by atoms with Gasteiger partial charge in [-0.25, -0.2) is 9.78 Å². The number of carbonyl (C=O) groups is 1. The van der Waals surface area contributed by atoms with Crippen LogP contribution >= 0.6 is 0 Å². The van der Waals surface area contributed by atoms with Crippen LogP contribution in [0.3, 0.4) is 0 Å². The molecule has 0 spiro atoms. The lowest BCUT2D eigenvalue weighted by atomic mass is 10.0. The maximum atomic E-state index is 10.6. The fraction of sp³-hybridized carbons (Fsp3) is 0.500. The van der Waals surface area contributed by atoms with Gasteiger partial charge in [0.2, 0.25) is 0 Å². The van der Waals surface area contributed by atoms with Gasteiger partial charge in [0.1, 0.15) is 5.82 Å². The summed E-state index contributed by atoms with van der Waals surface area (Å²) < 4.78 is 4.74. The number of nitrogens with zero attached hydrogens (tertiary/aromatic N) is 2. The molecule has 0 aromatic carbocycles. The summed E-state index contributed by atoms with van der Waals surface area (Å²) in [5.41, 5.74) is 4.93. The Balaban J connectivity index is 2.08. The molecule has 2 rings (SSSR count). The minimum atomic E-state index is -0.814. The van der Waals surface area contributed by atoms with Crippen LogP contribution in [0.1, 0.15) is 26.2 Å². The Morgan fingerprint density at radius 1 is 1.53 bits per heavy atom. The molecule has 1 aromatic rings. The number of ether oxygens (including phenoxy) is 1. The molecule has 0 radical (unpaired) electrons. The van der Waals surface area contributed by atoms with Crippen molar-refractivity contribution in [3.05, 3.63) is 18.3 Å². The van der Waals surface area contributed by atoms with Gasteiger partial charge in [0.15, 0.2) is 5.75 Å². The number of piperidine rings is 1. The minimum absolute atomic E-state index is 0.380. The second-order valence-corrected chi connectivity index (χ2v) is 4.31. The molecule has 92 valence electrons. The van der Waals surface area contributed by atoms with Crippen molar-refractivity contribution in [2.24, 2.45) is 5.73 Å². The van der Waals surface area contributed by atoms with E-state index in [1.54, 1.807) is 6.07 Å². The number of carbonyl (C=O) groups excluding carboxylic acids is 1. The lowest BCUT2D eigenvalue weighted by molar-refractivity contribution is 0.210. The Labute approximate surface area is 101 Å². The standard InChI is InChI=1S/C12H17N3O2/c1-9-4-2-3-7-15(9)11-6-5-10(8-14-11)17-12(13)16/h5-6,8-9H,2-4,7H2,1H3,(H2,13,16). The normalized spacial score (nSPS) is 20.1. The molecule has 1 fully saturated rings. The molecule has 1 amide bonds. The minimum Gasteiger partial charge on any atom is -0.409 e. The van der Waals surface area contributed by atoms with E-state index in [0.717, 1.165) is 12.4 Å². The van der Waals surface area contributed by atoms with Gasteiger partial charge < -0.3 is 15.4 Å². The maximum Gasteiger partial charge on any atom is 0.410 e. The molecule has 1 aliphatic rings. The first-order chi connectivity index (χ1) is 8.16. The van der Waals surface area contributed by atoms with Crippen molar-refractivity contribution < 1.29 is 9.53 Å². The van der Waals surface area contributed by atoms with Crippen molar-refractivity contribution in [1.82, 2.24) is 4.98 Å². The fourth-order valence-corrected chi connectivity index (χ4v) is 2.16. The number of nitrogens with two attached hydrogens (primary N) is 1. The van der Waals surface area contributed by atoms with E-state index < -0.39 is 6.09 Å². The van der Waals surface area contributed by atoms with E-state index in [9.17, 15) is 4.79 Å². The molecular formula is C12H17N3O2. The number of rotatable bonds is 2. The number of anilines is 1. The molecule has 5 nitrogen and oxygen atoms in total. The summed E-state index contributed by atoms with van der Waals surface area (Å²) in [5.74, 6) is 1.31. The highest BCUT2D eigenvalue weighted by Gasteiger charge is 2.19. The molecule has 0 aliphatic carbocycles. The summed E-state index contributed by atoms with van der Waals surface area (Å²) in [6.45, 7) is 3.23. The van der Waals surface area contributed by atoms with Crippen molar-refractivity contribution in [1.29, 1.82) is 0 Å². The topological polar surface area (TPSA) is 68.5 Å².